The summed E-state index contributed by atoms with van der Waals surface area (Å²) in [5.41, 5.74) is 1.94. The summed E-state index contributed by atoms with van der Waals surface area (Å²) >= 11 is 0. The van der Waals surface area contributed by atoms with Gasteiger partial charge < -0.3 is 19.4 Å². The van der Waals surface area contributed by atoms with Crippen LogP contribution >= 0.6 is 0 Å². The van der Waals surface area contributed by atoms with Gasteiger partial charge in [-0.2, -0.15) is 0 Å². The van der Waals surface area contributed by atoms with Crippen molar-refractivity contribution in [2.45, 2.75) is 12.3 Å². The molecule has 124 valence electrons. The second kappa shape index (κ2) is 6.68. The molecule has 3 rings (SSSR count). The summed E-state index contributed by atoms with van der Waals surface area (Å²) in [4.78, 5) is 17.5. The Hall–Kier alpha value is -1.92. The standard InChI is InChI=1S/C17H21FN2O3/c1-22-6-5-20-4-3-11(10-20)15-9-13-14(17(21)23-2)7-12(18)8-16(13)19-15/h7-9,11,19H,3-6,10H2,1-2H3. The molecule has 1 fully saturated rings. The summed E-state index contributed by atoms with van der Waals surface area (Å²) in [5, 5.41) is 0.712. The van der Waals surface area contributed by atoms with Crippen molar-refractivity contribution in [1.29, 1.82) is 0 Å². The first kappa shape index (κ1) is 16.0. The van der Waals surface area contributed by atoms with E-state index in [1.54, 1.807) is 7.11 Å². The molecule has 1 saturated heterocycles. The fraction of sp³-hybridized carbons (Fsp3) is 0.471. The monoisotopic (exact) mass is 320 g/mol. The average molecular weight is 320 g/mol. The van der Waals surface area contributed by atoms with Crippen molar-refractivity contribution in [3.05, 3.63) is 35.3 Å². The first-order valence-electron chi connectivity index (χ1n) is 7.74. The fourth-order valence-electron chi connectivity index (χ4n) is 3.23. The topological polar surface area (TPSA) is 54.6 Å². The lowest BCUT2D eigenvalue weighted by atomic mass is 10.0. The summed E-state index contributed by atoms with van der Waals surface area (Å²) in [6, 6.07) is 4.60. The second-order valence-electron chi connectivity index (χ2n) is 5.91. The molecule has 1 aliphatic rings. The van der Waals surface area contributed by atoms with Gasteiger partial charge in [0.15, 0.2) is 0 Å². The van der Waals surface area contributed by atoms with Crippen molar-refractivity contribution in [3.63, 3.8) is 0 Å². The number of ether oxygens (including phenoxy) is 2. The van der Waals surface area contributed by atoms with Gasteiger partial charge >= 0.3 is 5.97 Å². The lowest BCUT2D eigenvalue weighted by Gasteiger charge is -2.14. The molecule has 1 unspecified atom stereocenters. The van der Waals surface area contributed by atoms with Gasteiger partial charge in [0.1, 0.15) is 5.82 Å². The molecule has 1 aliphatic heterocycles. The smallest absolute Gasteiger partial charge is 0.338 e. The Labute approximate surface area is 134 Å². The number of carbonyl (C=O) groups excluding carboxylic acids is 1. The van der Waals surface area contributed by atoms with Gasteiger partial charge in [0.2, 0.25) is 0 Å². The van der Waals surface area contributed by atoms with E-state index in [-0.39, 0.29) is 5.56 Å². The van der Waals surface area contributed by atoms with Crippen LogP contribution in [-0.2, 0) is 9.47 Å². The Morgan fingerprint density at radius 2 is 2.22 bits per heavy atom. The average Bonchev–Trinajstić information content (AvgIpc) is 3.17. The number of hydrogen-bond donors (Lipinski definition) is 1. The minimum absolute atomic E-state index is 0.263. The Kier molecular flexibility index (Phi) is 4.63. The number of H-pyrrole nitrogens is 1. The van der Waals surface area contributed by atoms with Crippen LogP contribution in [0.5, 0.6) is 0 Å². The van der Waals surface area contributed by atoms with E-state index >= 15 is 0 Å². The maximum Gasteiger partial charge on any atom is 0.338 e. The number of likely N-dealkylation sites (tertiary alicyclic amines) is 1. The highest BCUT2D eigenvalue weighted by molar-refractivity contribution is 6.04. The van der Waals surface area contributed by atoms with Crippen LogP contribution in [0.1, 0.15) is 28.4 Å². The van der Waals surface area contributed by atoms with Crippen molar-refractivity contribution in [1.82, 2.24) is 9.88 Å². The van der Waals surface area contributed by atoms with E-state index in [9.17, 15) is 9.18 Å². The van der Waals surface area contributed by atoms with E-state index in [4.69, 9.17) is 9.47 Å². The zero-order valence-corrected chi connectivity index (χ0v) is 13.4. The molecule has 0 aliphatic carbocycles. The number of benzene rings is 1. The van der Waals surface area contributed by atoms with Crippen molar-refractivity contribution >= 4 is 16.9 Å². The zero-order valence-electron chi connectivity index (χ0n) is 13.4. The van der Waals surface area contributed by atoms with Gasteiger partial charge in [0.25, 0.3) is 0 Å². The molecule has 0 spiro atoms. The number of hydrogen-bond acceptors (Lipinski definition) is 4. The normalized spacial score (nSPS) is 18.7. The first-order chi connectivity index (χ1) is 11.1. The van der Waals surface area contributed by atoms with E-state index in [1.807, 2.05) is 6.07 Å². The van der Waals surface area contributed by atoms with Crippen LogP contribution in [0.2, 0.25) is 0 Å². The quantitative estimate of drug-likeness (QED) is 0.860. The van der Waals surface area contributed by atoms with E-state index in [1.165, 1.54) is 19.2 Å². The summed E-state index contributed by atoms with van der Waals surface area (Å²) in [5.74, 6) is -0.611. The highest BCUT2D eigenvalue weighted by atomic mass is 19.1. The summed E-state index contributed by atoms with van der Waals surface area (Å²) < 4.78 is 23.6. The minimum atomic E-state index is -0.520. The highest BCUT2D eigenvalue weighted by Crippen LogP contribution is 2.31. The predicted octanol–water partition coefficient (Wildman–Crippen LogP) is 2.53. The number of nitrogens with one attached hydrogen (secondary N) is 1. The Morgan fingerprint density at radius 1 is 1.39 bits per heavy atom. The Balaban J connectivity index is 1.87. The number of nitrogens with zero attached hydrogens (tertiary/aromatic N) is 1. The van der Waals surface area contributed by atoms with E-state index in [2.05, 4.69) is 9.88 Å². The van der Waals surface area contributed by atoms with Crippen molar-refractivity contribution in [3.8, 4) is 0 Å². The summed E-state index contributed by atoms with van der Waals surface area (Å²) in [7, 11) is 3.01. The third-order valence-corrected chi connectivity index (χ3v) is 4.45. The van der Waals surface area contributed by atoms with Crippen LogP contribution < -0.4 is 0 Å². The van der Waals surface area contributed by atoms with Gasteiger partial charge in [-0.1, -0.05) is 0 Å². The highest BCUT2D eigenvalue weighted by Gasteiger charge is 2.26. The zero-order chi connectivity index (χ0) is 16.4. The molecule has 1 N–H and O–H groups in total. The first-order valence-corrected chi connectivity index (χ1v) is 7.74. The molecule has 23 heavy (non-hydrogen) atoms. The largest absolute Gasteiger partial charge is 0.465 e. The molecular formula is C17H21FN2O3. The Bertz CT molecular complexity index is 713. The van der Waals surface area contributed by atoms with E-state index < -0.39 is 11.8 Å². The molecule has 5 nitrogen and oxygen atoms in total. The van der Waals surface area contributed by atoms with E-state index in [0.29, 0.717) is 16.8 Å². The molecule has 1 aromatic carbocycles. The number of aromatic nitrogens is 1. The van der Waals surface area contributed by atoms with Gasteiger partial charge in [-0.05, 0) is 31.2 Å². The van der Waals surface area contributed by atoms with Gasteiger partial charge in [0, 0.05) is 42.7 Å². The van der Waals surface area contributed by atoms with Gasteiger partial charge in [-0.3, -0.25) is 0 Å². The van der Waals surface area contributed by atoms with Gasteiger partial charge in [0.05, 0.1) is 19.3 Å². The maximum absolute atomic E-state index is 13.7. The number of halogens is 1. The van der Waals surface area contributed by atoms with Crippen molar-refractivity contribution in [2.24, 2.45) is 0 Å². The number of esters is 1. The SMILES string of the molecule is COCCN1CCC(c2cc3c(C(=O)OC)cc(F)cc3[nH]2)C1. The van der Waals surface area contributed by atoms with Crippen LogP contribution in [0.4, 0.5) is 4.39 Å². The molecule has 1 atom stereocenters. The predicted molar refractivity (Wildman–Crippen MR) is 85.3 cm³/mol. The minimum Gasteiger partial charge on any atom is -0.465 e. The summed E-state index contributed by atoms with van der Waals surface area (Å²) in [6.07, 6.45) is 1.03. The van der Waals surface area contributed by atoms with Crippen LogP contribution in [0, 0.1) is 5.82 Å². The molecule has 2 aromatic rings. The number of rotatable bonds is 5. The number of fused-ring (bicyclic) bond motifs is 1. The van der Waals surface area contributed by atoms with Crippen molar-refractivity contribution in [2.75, 3.05) is 40.5 Å². The molecule has 2 heterocycles. The van der Waals surface area contributed by atoms with Crippen LogP contribution in [-0.4, -0.2) is 56.3 Å². The molecule has 0 radical (unpaired) electrons. The van der Waals surface area contributed by atoms with Gasteiger partial charge in [-0.15, -0.1) is 0 Å². The third-order valence-electron chi connectivity index (χ3n) is 4.45. The Morgan fingerprint density at radius 3 is 2.96 bits per heavy atom. The number of carbonyl (C=O) groups is 1. The summed E-state index contributed by atoms with van der Waals surface area (Å²) in [6.45, 7) is 3.58. The molecule has 0 amide bonds. The van der Waals surface area contributed by atoms with Crippen molar-refractivity contribution < 1.29 is 18.7 Å². The molecular weight excluding hydrogens is 299 g/mol. The number of aromatic amines is 1. The van der Waals surface area contributed by atoms with Crippen LogP contribution in [0.15, 0.2) is 18.2 Å². The molecule has 0 saturated carbocycles. The van der Waals surface area contributed by atoms with Crippen LogP contribution in [0.25, 0.3) is 10.9 Å². The lowest BCUT2D eigenvalue weighted by molar-refractivity contribution is 0.0602. The second-order valence-corrected chi connectivity index (χ2v) is 5.91. The third kappa shape index (κ3) is 3.23. The molecule has 1 aromatic heterocycles. The van der Waals surface area contributed by atoms with E-state index in [0.717, 1.165) is 38.4 Å². The molecule has 6 heteroatoms. The van der Waals surface area contributed by atoms with Crippen LogP contribution in [0.3, 0.4) is 0 Å². The molecule has 0 bridgehead atoms. The fourth-order valence-corrected chi connectivity index (χ4v) is 3.23. The maximum atomic E-state index is 13.7. The lowest BCUT2D eigenvalue weighted by Crippen LogP contribution is -2.24. The van der Waals surface area contributed by atoms with Gasteiger partial charge in [-0.25, -0.2) is 9.18 Å². The number of methoxy groups -OCH3 is 2.